The van der Waals surface area contributed by atoms with Crippen molar-refractivity contribution < 1.29 is 5.11 Å². The number of rotatable bonds is 2. The van der Waals surface area contributed by atoms with Crippen LogP contribution in [0.25, 0.3) is 0 Å². The Labute approximate surface area is 152 Å². The maximum absolute atomic E-state index is 9.11. The van der Waals surface area contributed by atoms with E-state index in [1.165, 1.54) is 5.56 Å². The molecule has 0 bridgehead atoms. The van der Waals surface area contributed by atoms with E-state index in [2.05, 4.69) is 21.1 Å². The first-order valence-corrected chi connectivity index (χ1v) is 9.12. The third-order valence-corrected chi connectivity index (χ3v) is 4.51. The molecule has 0 radical (unpaired) electrons. The fourth-order valence-electron chi connectivity index (χ4n) is 2.51. The summed E-state index contributed by atoms with van der Waals surface area (Å²) in [7, 11) is 0. The molecule has 0 atom stereocenters. The van der Waals surface area contributed by atoms with Gasteiger partial charge in [0.2, 0.25) is 0 Å². The third kappa shape index (κ3) is 4.45. The van der Waals surface area contributed by atoms with Gasteiger partial charge in [-0.05, 0) is 53.1 Å². The summed E-state index contributed by atoms with van der Waals surface area (Å²) in [5, 5.41) is 14.4. The van der Waals surface area contributed by atoms with Crippen LogP contribution in [0.15, 0.2) is 76.8 Å². The zero-order valence-corrected chi connectivity index (χ0v) is 14.9. The van der Waals surface area contributed by atoms with Crippen molar-refractivity contribution >= 4 is 23.5 Å². The van der Waals surface area contributed by atoms with Crippen LogP contribution in [0.4, 0.5) is 5.69 Å². The van der Waals surface area contributed by atoms with Gasteiger partial charge in [0.1, 0.15) is 5.75 Å². The second-order valence-electron chi connectivity index (χ2n) is 5.55. The second kappa shape index (κ2) is 8.44. The summed E-state index contributed by atoms with van der Waals surface area (Å²) >= 11 is 1.56. The van der Waals surface area contributed by atoms with Gasteiger partial charge in [0, 0.05) is 6.54 Å². The number of benzene rings is 2. The van der Waals surface area contributed by atoms with Crippen LogP contribution in [0.1, 0.15) is 18.1 Å². The Morgan fingerprint density at radius 1 is 1.12 bits per heavy atom. The van der Waals surface area contributed by atoms with Crippen LogP contribution < -0.4 is 10.0 Å². The van der Waals surface area contributed by atoms with E-state index in [1.807, 2.05) is 60.9 Å². The summed E-state index contributed by atoms with van der Waals surface area (Å²) in [5.41, 5.74) is 4.34. The molecule has 0 fully saturated rings. The molecule has 2 aromatic rings. The highest BCUT2D eigenvalue weighted by Crippen LogP contribution is 2.23. The molecule has 0 saturated carbocycles. The van der Waals surface area contributed by atoms with E-state index in [-0.39, 0.29) is 0 Å². The van der Waals surface area contributed by atoms with Crippen LogP contribution in [0.2, 0.25) is 0 Å². The van der Waals surface area contributed by atoms with Gasteiger partial charge in [0.25, 0.3) is 0 Å². The van der Waals surface area contributed by atoms with Crippen molar-refractivity contribution in [2.24, 2.45) is 4.99 Å². The van der Waals surface area contributed by atoms with E-state index in [4.69, 9.17) is 5.11 Å². The highest BCUT2D eigenvalue weighted by Gasteiger charge is 2.14. The molecule has 0 spiro atoms. The Balaban J connectivity index is 0.000000173. The summed E-state index contributed by atoms with van der Waals surface area (Å²) in [4.78, 5) is 4.60. The highest BCUT2D eigenvalue weighted by atomic mass is 32.2. The molecular weight excluding hydrogens is 330 g/mol. The van der Waals surface area contributed by atoms with Gasteiger partial charge < -0.3 is 15.1 Å². The van der Waals surface area contributed by atoms with Crippen LogP contribution in [-0.4, -0.2) is 10.9 Å². The Morgan fingerprint density at radius 3 is 2.64 bits per heavy atom. The van der Waals surface area contributed by atoms with Gasteiger partial charge in [-0.3, -0.25) is 0 Å². The predicted octanol–water partition coefficient (Wildman–Crippen LogP) is 4.42. The summed E-state index contributed by atoms with van der Waals surface area (Å²) in [6.07, 6.45) is 4.93. The molecule has 128 valence electrons. The molecule has 0 unspecified atom stereocenters. The number of para-hydroxylation sites is 2. The molecule has 0 aromatic heterocycles. The van der Waals surface area contributed by atoms with E-state index >= 15 is 0 Å². The topological polar surface area (TPSA) is 56.7 Å². The first-order valence-electron chi connectivity index (χ1n) is 8.24. The lowest BCUT2D eigenvalue weighted by atomic mass is 10.1. The number of aliphatic imine (C=N–C) groups is 1. The van der Waals surface area contributed by atoms with Gasteiger partial charge >= 0.3 is 0 Å². The molecule has 4 rings (SSSR count). The number of phenolic OH excluding ortho intramolecular Hbond substituents is 1. The summed E-state index contributed by atoms with van der Waals surface area (Å²) < 4.78 is 3.22. The molecule has 4 nitrogen and oxygen atoms in total. The van der Waals surface area contributed by atoms with Gasteiger partial charge in [0.05, 0.1) is 11.4 Å². The molecule has 2 aromatic carbocycles. The first kappa shape index (κ1) is 17.2. The minimum atomic E-state index is 0.403. The first-order chi connectivity index (χ1) is 12.3. The van der Waals surface area contributed by atoms with Gasteiger partial charge in [-0.2, -0.15) is 0 Å². The Morgan fingerprint density at radius 2 is 1.92 bits per heavy atom. The van der Waals surface area contributed by atoms with E-state index < -0.39 is 0 Å². The maximum atomic E-state index is 9.11. The Kier molecular flexibility index (Phi) is 5.80. The van der Waals surface area contributed by atoms with Gasteiger partial charge in [-0.1, -0.05) is 49.4 Å². The van der Waals surface area contributed by atoms with Crippen molar-refractivity contribution in [1.29, 1.82) is 0 Å². The summed E-state index contributed by atoms with van der Waals surface area (Å²) in [5.74, 6) is 1.32. The van der Waals surface area contributed by atoms with E-state index in [0.29, 0.717) is 5.75 Å². The maximum Gasteiger partial charge on any atom is 0.151 e. The standard InChI is InChI=1S/C12H11N3S.C8H10O/c1-2-5-10-9(4-1)8-13-12(14-10)11-6-3-7-16-15-11;1-2-7-5-3-4-6-8(7)9/h1-7,15H,8H2,(H,13,14);3-6,9H,2H2,1H3. The lowest BCUT2D eigenvalue weighted by Gasteiger charge is -2.20. The number of amidine groups is 1. The van der Waals surface area contributed by atoms with E-state index in [9.17, 15) is 0 Å². The third-order valence-electron chi connectivity index (χ3n) is 3.88. The molecule has 3 N–H and O–H groups in total. The van der Waals surface area contributed by atoms with E-state index in [1.54, 1.807) is 18.0 Å². The fraction of sp³-hybridized carbons (Fsp3) is 0.150. The number of hydrogen-bond acceptors (Lipinski definition) is 5. The van der Waals surface area contributed by atoms with Gasteiger partial charge in [-0.15, -0.1) is 0 Å². The average Bonchev–Trinajstić information content (AvgIpc) is 2.69. The van der Waals surface area contributed by atoms with Crippen LogP contribution in [0, 0.1) is 0 Å². The largest absolute Gasteiger partial charge is 0.508 e. The fourth-order valence-corrected chi connectivity index (χ4v) is 3.02. The number of nitrogens with one attached hydrogen (secondary N) is 2. The quantitative estimate of drug-likeness (QED) is 0.701. The van der Waals surface area contributed by atoms with Crippen LogP contribution in [-0.2, 0) is 13.0 Å². The molecule has 2 aliphatic rings. The van der Waals surface area contributed by atoms with Crippen molar-refractivity contribution in [3.8, 4) is 5.75 Å². The van der Waals surface area contributed by atoms with Crippen LogP contribution in [0.5, 0.6) is 5.75 Å². The van der Waals surface area contributed by atoms with E-state index in [0.717, 1.165) is 35.7 Å². The average molecular weight is 351 g/mol. The van der Waals surface area contributed by atoms with Gasteiger partial charge in [0.15, 0.2) is 5.84 Å². The molecule has 25 heavy (non-hydrogen) atoms. The predicted molar refractivity (Wildman–Crippen MR) is 106 cm³/mol. The number of hydrogen-bond donors (Lipinski definition) is 3. The molecule has 2 heterocycles. The van der Waals surface area contributed by atoms with Crippen molar-refractivity contribution in [3.05, 3.63) is 82.9 Å². The molecular formula is C20H21N3OS. The lowest BCUT2D eigenvalue weighted by Crippen LogP contribution is -2.31. The number of phenols is 1. The van der Waals surface area contributed by atoms with Gasteiger partial charge in [-0.25, -0.2) is 4.99 Å². The molecule has 5 heteroatoms. The Hall–Kier alpha value is -2.66. The number of allylic oxidation sites excluding steroid dienone is 2. The lowest BCUT2D eigenvalue weighted by molar-refractivity contribution is 0.469. The molecule has 0 amide bonds. The zero-order valence-electron chi connectivity index (χ0n) is 14.1. The van der Waals surface area contributed by atoms with Crippen molar-refractivity contribution in [2.75, 3.05) is 0 Å². The zero-order chi connectivity index (χ0) is 17.5. The SMILES string of the molecule is C1=CSNC(C2=Nc3ccccc3CN2)=C1.CCc1ccccc1O. The number of fused-ring (bicyclic) bond motifs is 1. The Bertz CT molecular complexity index is 827. The molecule has 0 saturated heterocycles. The van der Waals surface area contributed by atoms with Crippen molar-refractivity contribution in [2.45, 2.75) is 19.9 Å². The summed E-state index contributed by atoms with van der Waals surface area (Å²) in [6.45, 7) is 2.86. The minimum absolute atomic E-state index is 0.403. The second-order valence-corrected chi connectivity index (χ2v) is 6.27. The normalized spacial score (nSPS) is 14.8. The number of aromatic hydroxyl groups is 1. The van der Waals surface area contributed by atoms with Crippen LogP contribution >= 0.6 is 11.9 Å². The molecule has 2 aliphatic heterocycles. The van der Waals surface area contributed by atoms with Crippen molar-refractivity contribution in [3.63, 3.8) is 0 Å². The molecule has 0 aliphatic carbocycles. The summed E-state index contributed by atoms with van der Waals surface area (Å²) in [6, 6.07) is 15.6. The monoisotopic (exact) mass is 351 g/mol. The minimum Gasteiger partial charge on any atom is -0.508 e. The van der Waals surface area contributed by atoms with Crippen LogP contribution in [0.3, 0.4) is 0 Å². The number of nitrogens with zero attached hydrogens (tertiary/aromatic N) is 1. The smallest absolute Gasteiger partial charge is 0.151 e. The number of aryl methyl sites for hydroxylation is 1. The highest BCUT2D eigenvalue weighted by molar-refractivity contribution is 8.00. The van der Waals surface area contributed by atoms with Crippen molar-refractivity contribution in [1.82, 2.24) is 10.0 Å².